The van der Waals surface area contributed by atoms with Crippen LogP contribution < -0.4 is 17.2 Å². The molecule has 1 fully saturated rings. The number of rotatable bonds is 3. The van der Waals surface area contributed by atoms with Crippen LogP contribution in [0.2, 0.25) is 0 Å². The van der Waals surface area contributed by atoms with Gasteiger partial charge in [-0.1, -0.05) is 0 Å². The van der Waals surface area contributed by atoms with E-state index in [1.807, 2.05) is 0 Å². The number of halogens is 1. The van der Waals surface area contributed by atoms with Crippen molar-refractivity contribution in [3.05, 3.63) is 22.7 Å². The topological polar surface area (TPSA) is 137 Å². The Morgan fingerprint density at radius 2 is 2.32 bits per heavy atom. The molecule has 0 unspecified atom stereocenters. The minimum absolute atomic E-state index is 0.0116. The summed E-state index contributed by atoms with van der Waals surface area (Å²) in [6, 6.07) is 1.30. The Kier molecular flexibility index (Phi) is 3.54. The third kappa shape index (κ3) is 2.10. The lowest BCUT2D eigenvalue weighted by Gasteiger charge is -2.27. The molecule has 1 aromatic rings. The molecule has 9 heteroatoms. The normalized spacial score (nSPS) is 34.6. The second-order valence-electron chi connectivity index (χ2n) is 4.37. The van der Waals surface area contributed by atoms with Gasteiger partial charge in [0.15, 0.2) is 12.4 Å². The fraction of sp³-hybridized carbons (Fsp3) is 0.600. The zero-order valence-corrected chi connectivity index (χ0v) is 9.94. The van der Waals surface area contributed by atoms with Gasteiger partial charge in [0.2, 0.25) is 0 Å². The van der Waals surface area contributed by atoms with Gasteiger partial charge in [-0.15, -0.1) is 0 Å². The lowest BCUT2D eigenvalue weighted by molar-refractivity contribution is -0.122. The fourth-order valence-electron chi connectivity index (χ4n) is 2.02. The summed E-state index contributed by atoms with van der Waals surface area (Å²) in [4.78, 5) is 15.1. The van der Waals surface area contributed by atoms with Crippen molar-refractivity contribution in [3.8, 4) is 0 Å². The number of hydrogen-bond acceptors (Lipinski definition) is 7. The first-order chi connectivity index (χ1) is 8.95. The van der Waals surface area contributed by atoms with Crippen LogP contribution in [0.3, 0.4) is 0 Å². The van der Waals surface area contributed by atoms with Crippen LogP contribution in [0.25, 0.3) is 0 Å². The number of aliphatic hydroxyl groups excluding tert-OH is 2. The molecule has 106 valence electrons. The molecular weight excluding hydrogens is 259 g/mol. The van der Waals surface area contributed by atoms with Gasteiger partial charge in [0.1, 0.15) is 17.5 Å². The molecule has 8 nitrogen and oxygen atoms in total. The van der Waals surface area contributed by atoms with Gasteiger partial charge in [0.05, 0.1) is 6.61 Å². The lowest BCUT2D eigenvalue weighted by Crippen LogP contribution is -2.51. The molecule has 0 aliphatic carbocycles. The molecule has 0 bridgehead atoms. The molecule has 0 saturated carbocycles. The Bertz CT molecular complexity index is 518. The van der Waals surface area contributed by atoms with Crippen molar-refractivity contribution < 1.29 is 19.3 Å². The van der Waals surface area contributed by atoms with Crippen LogP contribution >= 0.6 is 0 Å². The zero-order chi connectivity index (χ0) is 14.2. The van der Waals surface area contributed by atoms with Crippen molar-refractivity contribution in [2.45, 2.75) is 24.1 Å². The molecule has 1 saturated heterocycles. The summed E-state index contributed by atoms with van der Waals surface area (Å²) >= 11 is 0. The number of aliphatic hydroxyl groups is 2. The molecule has 19 heavy (non-hydrogen) atoms. The molecule has 0 spiro atoms. The van der Waals surface area contributed by atoms with E-state index in [4.69, 9.17) is 16.2 Å². The summed E-state index contributed by atoms with van der Waals surface area (Å²) in [6.45, 7) is -0.961. The van der Waals surface area contributed by atoms with Gasteiger partial charge in [-0.25, -0.2) is 9.18 Å². The standard InChI is InChI=1S/C10H15FN4O4/c11-6-7(17)10(3-12,4-16)19-8(6)15-2-1-5(13)14-9(15)18/h1-2,6-8,16-17H,3-4,12H2,(H2,13,14,18)/t6-,7+,8-,10-/m1/s1. The second-order valence-corrected chi connectivity index (χ2v) is 4.37. The van der Waals surface area contributed by atoms with Gasteiger partial charge in [0.25, 0.3) is 0 Å². The SMILES string of the molecule is NC[C@]1(CO)O[C@@H](n2ccc(N)nc2=O)[C@H](F)[C@@H]1O. The molecule has 1 aliphatic heterocycles. The molecule has 2 rings (SSSR count). The van der Waals surface area contributed by atoms with E-state index in [-0.39, 0.29) is 12.4 Å². The fourth-order valence-corrected chi connectivity index (χ4v) is 2.02. The third-order valence-electron chi connectivity index (χ3n) is 3.21. The summed E-state index contributed by atoms with van der Waals surface area (Å²) in [6.07, 6.45) is -3.76. The number of nitrogens with zero attached hydrogens (tertiary/aromatic N) is 2. The number of alkyl halides is 1. The number of ether oxygens (including phenoxy) is 1. The Balaban J connectivity index is 2.39. The van der Waals surface area contributed by atoms with Gasteiger partial charge in [-0.2, -0.15) is 4.98 Å². The van der Waals surface area contributed by atoms with Crippen molar-refractivity contribution in [1.82, 2.24) is 9.55 Å². The van der Waals surface area contributed by atoms with E-state index in [0.717, 1.165) is 4.57 Å². The summed E-state index contributed by atoms with van der Waals surface area (Å²) in [5, 5.41) is 19.0. The highest BCUT2D eigenvalue weighted by Gasteiger charge is 2.55. The maximum absolute atomic E-state index is 14.1. The molecule has 1 aliphatic rings. The van der Waals surface area contributed by atoms with Crippen molar-refractivity contribution in [2.24, 2.45) is 5.73 Å². The summed E-state index contributed by atoms with van der Waals surface area (Å²) in [5.41, 5.74) is 8.28. The molecular formula is C10H15FN4O4. The molecule has 0 aromatic carbocycles. The predicted octanol–water partition coefficient (Wildman–Crippen LogP) is -2.26. The van der Waals surface area contributed by atoms with E-state index in [1.165, 1.54) is 12.3 Å². The van der Waals surface area contributed by atoms with Crippen molar-refractivity contribution >= 4 is 5.82 Å². The highest BCUT2D eigenvalue weighted by molar-refractivity contribution is 5.23. The lowest BCUT2D eigenvalue weighted by atomic mass is 9.97. The van der Waals surface area contributed by atoms with E-state index in [0.29, 0.717) is 0 Å². The van der Waals surface area contributed by atoms with Crippen LogP contribution in [0.5, 0.6) is 0 Å². The van der Waals surface area contributed by atoms with Crippen LogP contribution in [0.15, 0.2) is 17.1 Å². The number of aromatic nitrogens is 2. The van der Waals surface area contributed by atoms with Crippen molar-refractivity contribution in [3.63, 3.8) is 0 Å². The molecule has 2 heterocycles. The minimum Gasteiger partial charge on any atom is -0.393 e. The number of hydrogen-bond donors (Lipinski definition) is 4. The second kappa shape index (κ2) is 4.85. The van der Waals surface area contributed by atoms with Crippen LogP contribution in [-0.2, 0) is 4.74 Å². The maximum atomic E-state index is 14.1. The van der Waals surface area contributed by atoms with Crippen LogP contribution in [0.1, 0.15) is 6.23 Å². The first kappa shape index (κ1) is 13.9. The number of nitrogen functional groups attached to an aromatic ring is 1. The smallest absolute Gasteiger partial charge is 0.351 e. The first-order valence-electron chi connectivity index (χ1n) is 5.61. The largest absolute Gasteiger partial charge is 0.393 e. The molecule has 6 N–H and O–H groups in total. The van der Waals surface area contributed by atoms with Gasteiger partial charge < -0.3 is 26.4 Å². The molecule has 1 aromatic heterocycles. The summed E-state index contributed by atoms with van der Waals surface area (Å²) in [5.74, 6) is -0.0116. The summed E-state index contributed by atoms with van der Waals surface area (Å²) < 4.78 is 20.2. The van der Waals surface area contributed by atoms with Crippen molar-refractivity contribution in [1.29, 1.82) is 0 Å². The highest BCUT2D eigenvalue weighted by Crippen LogP contribution is 2.37. The Morgan fingerprint density at radius 3 is 2.79 bits per heavy atom. The van der Waals surface area contributed by atoms with Gasteiger partial charge >= 0.3 is 5.69 Å². The quantitative estimate of drug-likeness (QED) is 0.488. The highest BCUT2D eigenvalue weighted by atomic mass is 19.1. The van der Waals surface area contributed by atoms with E-state index in [2.05, 4.69) is 4.98 Å². The van der Waals surface area contributed by atoms with E-state index in [9.17, 15) is 19.4 Å². The molecule has 0 amide bonds. The Hall–Kier alpha value is -1.55. The third-order valence-corrected chi connectivity index (χ3v) is 3.21. The molecule has 4 atom stereocenters. The van der Waals surface area contributed by atoms with Gasteiger partial charge in [-0.3, -0.25) is 4.57 Å². The van der Waals surface area contributed by atoms with Crippen LogP contribution in [0, 0.1) is 0 Å². The van der Waals surface area contributed by atoms with E-state index < -0.39 is 36.4 Å². The average molecular weight is 274 g/mol. The van der Waals surface area contributed by atoms with Crippen molar-refractivity contribution in [2.75, 3.05) is 18.9 Å². The first-order valence-corrected chi connectivity index (χ1v) is 5.61. The summed E-state index contributed by atoms with van der Waals surface area (Å²) in [7, 11) is 0. The maximum Gasteiger partial charge on any atom is 0.351 e. The Morgan fingerprint density at radius 1 is 1.63 bits per heavy atom. The van der Waals surface area contributed by atoms with E-state index in [1.54, 1.807) is 0 Å². The zero-order valence-electron chi connectivity index (χ0n) is 9.94. The predicted molar refractivity (Wildman–Crippen MR) is 62.8 cm³/mol. The Labute approximate surface area is 107 Å². The van der Waals surface area contributed by atoms with Gasteiger partial charge in [-0.05, 0) is 6.07 Å². The molecule has 0 radical (unpaired) electrons. The van der Waals surface area contributed by atoms with Crippen LogP contribution in [0.4, 0.5) is 10.2 Å². The monoisotopic (exact) mass is 274 g/mol. The number of anilines is 1. The van der Waals surface area contributed by atoms with Gasteiger partial charge in [0, 0.05) is 12.7 Å². The van der Waals surface area contributed by atoms with Crippen LogP contribution in [-0.4, -0.2) is 50.8 Å². The number of nitrogens with two attached hydrogens (primary N) is 2. The minimum atomic E-state index is -1.92. The van der Waals surface area contributed by atoms with E-state index >= 15 is 0 Å². The average Bonchev–Trinajstić information content (AvgIpc) is 2.64.